The van der Waals surface area contributed by atoms with Crippen LogP contribution in [-0.4, -0.2) is 36.9 Å². The number of benzene rings is 1. The molecular weight excluding hydrogens is 248 g/mol. The van der Waals surface area contributed by atoms with Gasteiger partial charge in [-0.25, -0.2) is 9.59 Å². The molecule has 0 atom stereocenters. The van der Waals surface area contributed by atoms with Crippen LogP contribution in [0, 0.1) is 0 Å². The summed E-state index contributed by atoms with van der Waals surface area (Å²) in [4.78, 5) is 21.7. The van der Waals surface area contributed by atoms with Crippen molar-refractivity contribution in [2.75, 3.05) is 25.1 Å². The molecular formula is C13H18N2O4. The number of ether oxygens (including phenoxy) is 1. The summed E-state index contributed by atoms with van der Waals surface area (Å²) in [5.74, 6) is -1.03. The molecule has 0 unspecified atom stereocenters. The van der Waals surface area contributed by atoms with E-state index in [2.05, 4.69) is 10.6 Å². The van der Waals surface area contributed by atoms with Gasteiger partial charge >= 0.3 is 12.0 Å². The quantitative estimate of drug-likeness (QED) is 0.652. The van der Waals surface area contributed by atoms with E-state index in [-0.39, 0.29) is 25.8 Å². The first kappa shape index (κ1) is 15.0. The minimum atomic E-state index is -1.03. The molecule has 0 radical (unpaired) electrons. The lowest BCUT2D eigenvalue weighted by Gasteiger charge is -2.08. The van der Waals surface area contributed by atoms with Gasteiger partial charge in [0, 0.05) is 12.2 Å². The minimum absolute atomic E-state index is 0.161. The van der Waals surface area contributed by atoms with Gasteiger partial charge in [-0.1, -0.05) is 19.1 Å². The lowest BCUT2D eigenvalue weighted by atomic mass is 10.1. The van der Waals surface area contributed by atoms with E-state index in [0.29, 0.717) is 0 Å². The van der Waals surface area contributed by atoms with Gasteiger partial charge in [0.25, 0.3) is 0 Å². The number of hydrogen-bond acceptors (Lipinski definition) is 3. The Morgan fingerprint density at radius 3 is 2.84 bits per heavy atom. The van der Waals surface area contributed by atoms with E-state index in [9.17, 15) is 9.59 Å². The topological polar surface area (TPSA) is 87.7 Å². The number of amides is 2. The average Bonchev–Trinajstić information content (AvgIpc) is 2.38. The number of urea groups is 1. The molecule has 1 rings (SSSR count). The van der Waals surface area contributed by atoms with Gasteiger partial charge in [0.2, 0.25) is 0 Å². The molecule has 3 N–H and O–H groups in total. The molecule has 0 fully saturated rings. The summed E-state index contributed by atoms with van der Waals surface area (Å²) in [6, 6.07) is 7.24. The Kier molecular flexibility index (Phi) is 6.38. The van der Waals surface area contributed by atoms with Crippen LogP contribution in [0.5, 0.6) is 0 Å². The molecule has 0 aliphatic carbocycles. The third-order valence-corrected chi connectivity index (χ3v) is 2.35. The highest BCUT2D eigenvalue weighted by Crippen LogP contribution is 2.10. The first-order chi connectivity index (χ1) is 9.11. The molecule has 0 aliphatic heterocycles. The third kappa shape index (κ3) is 6.42. The van der Waals surface area contributed by atoms with Crippen LogP contribution in [0.1, 0.15) is 12.5 Å². The van der Waals surface area contributed by atoms with Gasteiger partial charge in [-0.2, -0.15) is 0 Å². The second-order valence-corrected chi connectivity index (χ2v) is 3.88. The van der Waals surface area contributed by atoms with Crippen LogP contribution in [0.4, 0.5) is 10.5 Å². The number of nitrogens with one attached hydrogen (secondary N) is 2. The summed E-state index contributed by atoms with van der Waals surface area (Å²) < 4.78 is 4.79. The molecule has 0 aromatic heterocycles. The van der Waals surface area contributed by atoms with Gasteiger partial charge in [-0.05, 0) is 24.1 Å². The van der Waals surface area contributed by atoms with Gasteiger partial charge in [-0.3, -0.25) is 0 Å². The van der Waals surface area contributed by atoms with Gasteiger partial charge in [-0.15, -0.1) is 0 Å². The van der Waals surface area contributed by atoms with E-state index in [1.54, 1.807) is 6.07 Å². The first-order valence-corrected chi connectivity index (χ1v) is 6.05. The number of carboxylic acid groups (broad SMARTS) is 1. The molecule has 6 heteroatoms. The molecule has 1 aromatic carbocycles. The molecule has 6 nitrogen and oxygen atoms in total. The summed E-state index contributed by atoms with van der Waals surface area (Å²) in [5.41, 5.74) is 1.87. The van der Waals surface area contributed by atoms with Crippen molar-refractivity contribution in [3.05, 3.63) is 29.8 Å². The van der Waals surface area contributed by atoms with Crippen LogP contribution < -0.4 is 10.6 Å². The van der Waals surface area contributed by atoms with Gasteiger partial charge in [0.05, 0.1) is 6.61 Å². The highest BCUT2D eigenvalue weighted by Gasteiger charge is 2.02. The summed E-state index contributed by atoms with van der Waals surface area (Å²) in [6.45, 7) is 2.10. The smallest absolute Gasteiger partial charge is 0.329 e. The number of carbonyl (C=O) groups is 2. The summed E-state index contributed by atoms with van der Waals surface area (Å²) in [5, 5.41) is 13.6. The van der Waals surface area contributed by atoms with E-state index in [1.807, 2.05) is 25.1 Å². The minimum Gasteiger partial charge on any atom is -0.480 e. The highest BCUT2D eigenvalue weighted by molar-refractivity contribution is 5.89. The first-order valence-electron chi connectivity index (χ1n) is 6.05. The third-order valence-electron chi connectivity index (χ3n) is 2.35. The molecule has 0 aliphatic rings. The van der Waals surface area contributed by atoms with Gasteiger partial charge in [0.15, 0.2) is 0 Å². The Morgan fingerprint density at radius 1 is 1.37 bits per heavy atom. The highest BCUT2D eigenvalue weighted by atomic mass is 16.5. The number of anilines is 1. The van der Waals surface area contributed by atoms with Crippen LogP contribution in [-0.2, 0) is 16.0 Å². The van der Waals surface area contributed by atoms with Crippen molar-refractivity contribution in [3.8, 4) is 0 Å². The number of carbonyl (C=O) groups excluding carboxylic acids is 1. The maximum absolute atomic E-state index is 11.5. The van der Waals surface area contributed by atoms with Crippen LogP contribution in [0.2, 0.25) is 0 Å². The van der Waals surface area contributed by atoms with Crippen molar-refractivity contribution < 1.29 is 19.4 Å². The molecule has 0 bridgehead atoms. The van der Waals surface area contributed by atoms with Crippen LogP contribution in [0.25, 0.3) is 0 Å². The summed E-state index contributed by atoms with van der Waals surface area (Å²) in [7, 11) is 0. The van der Waals surface area contributed by atoms with Crippen LogP contribution in [0.3, 0.4) is 0 Å². The van der Waals surface area contributed by atoms with Gasteiger partial charge < -0.3 is 20.5 Å². The zero-order valence-electron chi connectivity index (χ0n) is 10.8. The normalized spacial score (nSPS) is 9.95. The predicted molar refractivity (Wildman–Crippen MR) is 71.3 cm³/mol. The molecule has 0 spiro atoms. The van der Waals surface area contributed by atoms with Crippen molar-refractivity contribution in [3.63, 3.8) is 0 Å². The van der Waals surface area contributed by atoms with E-state index in [1.165, 1.54) is 0 Å². The zero-order chi connectivity index (χ0) is 14.1. The van der Waals surface area contributed by atoms with Crippen LogP contribution >= 0.6 is 0 Å². The van der Waals surface area contributed by atoms with Crippen molar-refractivity contribution >= 4 is 17.7 Å². The van der Waals surface area contributed by atoms with E-state index in [4.69, 9.17) is 9.84 Å². The number of hydrogen-bond donors (Lipinski definition) is 3. The maximum Gasteiger partial charge on any atom is 0.329 e. The largest absolute Gasteiger partial charge is 0.480 e. The molecule has 0 heterocycles. The molecule has 0 saturated heterocycles. The van der Waals surface area contributed by atoms with Gasteiger partial charge in [0.1, 0.15) is 6.61 Å². The Balaban J connectivity index is 2.25. The Hall–Kier alpha value is -2.08. The Bertz CT molecular complexity index is 434. The second kappa shape index (κ2) is 8.10. The lowest BCUT2D eigenvalue weighted by Crippen LogP contribution is -2.32. The number of carboxylic acids is 1. The second-order valence-electron chi connectivity index (χ2n) is 3.88. The summed E-state index contributed by atoms with van der Waals surface area (Å²) in [6.07, 6.45) is 0.903. The van der Waals surface area contributed by atoms with E-state index in [0.717, 1.165) is 17.7 Å². The number of rotatable bonds is 7. The lowest BCUT2D eigenvalue weighted by molar-refractivity contribution is -0.142. The molecule has 1 aromatic rings. The molecule has 2 amide bonds. The number of aryl methyl sites for hydroxylation is 1. The average molecular weight is 266 g/mol. The fraction of sp³-hybridized carbons (Fsp3) is 0.385. The Morgan fingerprint density at radius 2 is 2.16 bits per heavy atom. The zero-order valence-corrected chi connectivity index (χ0v) is 10.8. The Labute approximate surface area is 111 Å². The standard InChI is InChI=1S/C13H18N2O4/c1-2-10-4-3-5-11(8-10)15-13(18)14-6-7-19-9-12(16)17/h3-5,8H,2,6-7,9H2,1H3,(H,16,17)(H2,14,15,18). The van der Waals surface area contributed by atoms with E-state index < -0.39 is 5.97 Å². The fourth-order valence-electron chi connectivity index (χ4n) is 1.44. The molecule has 104 valence electrons. The fourth-order valence-corrected chi connectivity index (χ4v) is 1.44. The van der Waals surface area contributed by atoms with Crippen LogP contribution in [0.15, 0.2) is 24.3 Å². The summed E-state index contributed by atoms with van der Waals surface area (Å²) >= 11 is 0. The van der Waals surface area contributed by atoms with Crippen molar-refractivity contribution in [1.29, 1.82) is 0 Å². The van der Waals surface area contributed by atoms with Crippen molar-refractivity contribution in [1.82, 2.24) is 5.32 Å². The predicted octanol–water partition coefficient (Wildman–Crippen LogP) is 1.47. The van der Waals surface area contributed by atoms with E-state index >= 15 is 0 Å². The molecule has 19 heavy (non-hydrogen) atoms. The van der Waals surface area contributed by atoms with Crippen molar-refractivity contribution in [2.45, 2.75) is 13.3 Å². The molecule has 0 saturated carbocycles. The van der Waals surface area contributed by atoms with Crippen molar-refractivity contribution in [2.24, 2.45) is 0 Å². The number of aliphatic carboxylic acids is 1. The maximum atomic E-state index is 11.5. The SMILES string of the molecule is CCc1cccc(NC(=O)NCCOCC(=O)O)c1. The monoisotopic (exact) mass is 266 g/mol.